The molecule has 3 rings (SSSR count). The highest BCUT2D eigenvalue weighted by atomic mass is 32.1. The van der Waals surface area contributed by atoms with E-state index in [4.69, 9.17) is 5.73 Å². The number of anilines is 1. The van der Waals surface area contributed by atoms with Crippen LogP contribution >= 0.6 is 11.3 Å². The van der Waals surface area contributed by atoms with Crippen LogP contribution in [0.3, 0.4) is 0 Å². The minimum atomic E-state index is -0.214. The summed E-state index contributed by atoms with van der Waals surface area (Å²) in [4.78, 5) is 24.8. The molecule has 1 fully saturated rings. The second-order valence-electron chi connectivity index (χ2n) is 6.38. The minimum Gasteiger partial charge on any atom is -0.350 e. The van der Waals surface area contributed by atoms with E-state index < -0.39 is 0 Å². The van der Waals surface area contributed by atoms with Crippen molar-refractivity contribution in [2.45, 2.75) is 32.2 Å². The Morgan fingerprint density at radius 2 is 1.92 bits per heavy atom. The van der Waals surface area contributed by atoms with Crippen LogP contribution in [0.15, 0.2) is 35.7 Å². The lowest BCUT2D eigenvalue weighted by Gasteiger charge is -2.12. The predicted octanol–water partition coefficient (Wildman–Crippen LogP) is 3.03. The maximum atomic E-state index is 12.4. The van der Waals surface area contributed by atoms with Gasteiger partial charge in [0.25, 0.3) is 11.8 Å². The molecule has 1 heterocycles. The molecule has 5 nitrogen and oxygen atoms in total. The van der Waals surface area contributed by atoms with Crippen molar-refractivity contribution in [1.82, 2.24) is 5.32 Å². The first kappa shape index (κ1) is 17.6. The summed E-state index contributed by atoms with van der Waals surface area (Å²) in [5, 5.41) is 8.06. The van der Waals surface area contributed by atoms with Crippen molar-refractivity contribution in [3.63, 3.8) is 0 Å². The number of aryl methyl sites for hydroxylation is 1. The molecule has 0 bridgehead atoms. The Hall–Kier alpha value is -2.18. The van der Waals surface area contributed by atoms with E-state index in [9.17, 15) is 9.59 Å². The van der Waals surface area contributed by atoms with E-state index in [1.165, 1.54) is 16.9 Å². The molecular formula is C19H23N3O2S. The lowest BCUT2D eigenvalue weighted by molar-refractivity contribution is 0.0951. The molecule has 1 aliphatic rings. The van der Waals surface area contributed by atoms with Gasteiger partial charge in [-0.3, -0.25) is 9.59 Å². The van der Waals surface area contributed by atoms with Crippen LogP contribution in [-0.4, -0.2) is 24.4 Å². The van der Waals surface area contributed by atoms with E-state index in [1.54, 1.807) is 23.6 Å². The van der Waals surface area contributed by atoms with Crippen LogP contribution in [0, 0.1) is 5.92 Å². The molecule has 0 spiro atoms. The number of carbonyl (C=O) groups excluding carboxylic acids is 2. The van der Waals surface area contributed by atoms with E-state index in [-0.39, 0.29) is 17.9 Å². The van der Waals surface area contributed by atoms with Gasteiger partial charge in [-0.25, -0.2) is 0 Å². The van der Waals surface area contributed by atoms with Gasteiger partial charge in [0.05, 0.1) is 5.56 Å². The van der Waals surface area contributed by atoms with Crippen molar-refractivity contribution < 1.29 is 9.59 Å². The smallest absolute Gasteiger partial charge is 0.256 e. The number of thiophene rings is 1. The Morgan fingerprint density at radius 1 is 1.20 bits per heavy atom. The summed E-state index contributed by atoms with van der Waals surface area (Å²) in [5.74, 6) is 0.121. The van der Waals surface area contributed by atoms with Crippen molar-refractivity contribution in [3.8, 4) is 0 Å². The van der Waals surface area contributed by atoms with Crippen LogP contribution in [0.5, 0.6) is 0 Å². The maximum absolute atomic E-state index is 12.4. The molecule has 0 radical (unpaired) electrons. The molecule has 1 unspecified atom stereocenters. The summed E-state index contributed by atoms with van der Waals surface area (Å²) >= 11 is 1.34. The monoisotopic (exact) mass is 357 g/mol. The third kappa shape index (κ3) is 4.46. The van der Waals surface area contributed by atoms with E-state index in [2.05, 4.69) is 17.6 Å². The van der Waals surface area contributed by atoms with Crippen molar-refractivity contribution >= 4 is 28.2 Å². The first-order valence-electron chi connectivity index (χ1n) is 8.60. The average molecular weight is 357 g/mol. The first-order chi connectivity index (χ1) is 12.1. The molecule has 6 heteroatoms. The van der Waals surface area contributed by atoms with Gasteiger partial charge in [-0.1, -0.05) is 19.1 Å². The summed E-state index contributed by atoms with van der Waals surface area (Å²) < 4.78 is 0. The van der Waals surface area contributed by atoms with Crippen molar-refractivity contribution in [2.24, 2.45) is 11.7 Å². The molecule has 2 amide bonds. The topological polar surface area (TPSA) is 84.2 Å². The number of benzene rings is 1. The standard InChI is InChI=1S/C19H23N3O2S/c1-2-12-3-5-14(6-4-12)17(23)22-19-15(9-10-25-19)18(24)21-11-16(20)13-7-8-13/h3-6,9-10,13,16H,2,7-8,11,20H2,1H3,(H,21,24)(H,22,23). The SMILES string of the molecule is CCc1ccc(C(=O)Nc2sccc2C(=O)NCC(N)C2CC2)cc1. The number of hydrogen-bond acceptors (Lipinski definition) is 4. The number of hydrogen-bond donors (Lipinski definition) is 3. The van der Waals surface area contributed by atoms with Crippen LogP contribution < -0.4 is 16.4 Å². The number of nitrogens with two attached hydrogens (primary N) is 1. The van der Waals surface area contributed by atoms with Gasteiger partial charge in [-0.05, 0) is 54.3 Å². The fourth-order valence-electron chi connectivity index (χ4n) is 2.65. The molecule has 1 aromatic heterocycles. The van der Waals surface area contributed by atoms with Gasteiger partial charge >= 0.3 is 0 Å². The molecule has 1 atom stereocenters. The highest BCUT2D eigenvalue weighted by Gasteiger charge is 2.28. The Balaban J connectivity index is 1.61. The quantitative estimate of drug-likeness (QED) is 0.712. The van der Waals surface area contributed by atoms with Gasteiger partial charge < -0.3 is 16.4 Å². The highest BCUT2D eigenvalue weighted by Crippen LogP contribution is 2.31. The molecule has 0 saturated heterocycles. The normalized spacial score (nSPS) is 14.8. The van der Waals surface area contributed by atoms with Crippen LogP contribution in [0.4, 0.5) is 5.00 Å². The third-order valence-corrected chi connectivity index (χ3v) is 5.32. The fraction of sp³-hybridized carbons (Fsp3) is 0.368. The largest absolute Gasteiger partial charge is 0.350 e. The minimum absolute atomic E-state index is 0.0118. The summed E-state index contributed by atoms with van der Waals surface area (Å²) in [6, 6.07) is 9.22. The highest BCUT2D eigenvalue weighted by molar-refractivity contribution is 7.14. The Morgan fingerprint density at radius 3 is 2.56 bits per heavy atom. The van der Waals surface area contributed by atoms with Crippen molar-refractivity contribution in [1.29, 1.82) is 0 Å². The van der Waals surface area contributed by atoms with E-state index in [0.717, 1.165) is 19.3 Å². The Labute approximate surface area is 151 Å². The molecule has 4 N–H and O–H groups in total. The van der Waals surface area contributed by atoms with Gasteiger partial charge in [0.1, 0.15) is 5.00 Å². The fourth-order valence-corrected chi connectivity index (χ4v) is 3.43. The van der Waals surface area contributed by atoms with E-state index in [1.807, 2.05) is 12.1 Å². The average Bonchev–Trinajstić information content (AvgIpc) is 3.39. The summed E-state index contributed by atoms with van der Waals surface area (Å²) in [5.41, 5.74) is 8.25. The van der Waals surface area contributed by atoms with Gasteiger partial charge in [0.2, 0.25) is 0 Å². The molecule has 25 heavy (non-hydrogen) atoms. The number of rotatable bonds is 7. The summed E-state index contributed by atoms with van der Waals surface area (Å²) in [6.07, 6.45) is 3.22. The molecule has 1 aromatic carbocycles. The van der Waals surface area contributed by atoms with Crippen LogP contribution in [0.2, 0.25) is 0 Å². The molecule has 1 saturated carbocycles. The number of nitrogens with one attached hydrogen (secondary N) is 2. The van der Waals surface area contributed by atoms with Gasteiger partial charge in [0, 0.05) is 18.2 Å². The first-order valence-corrected chi connectivity index (χ1v) is 9.48. The number of carbonyl (C=O) groups is 2. The zero-order valence-electron chi connectivity index (χ0n) is 14.2. The second kappa shape index (κ2) is 7.80. The van der Waals surface area contributed by atoms with Crippen molar-refractivity contribution in [2.75, 3.05) is 11.9 Å². The van der Waals surface area contributed by atoms with E-state index >= 15 is 0 Å². The zero-order chi connectivity index (χ0) is 17.8. The lowest BCUT2D eigenvalue weighted by Crippen LogP contribution is -2.38. The predicted molar refractivity (Wildman–Crippen MR) is 101 cm³/mol. The Kier molecular flexibility index (Phi) is 5.50. The van der Waals surface area contributed by atoms with Gasteiger partial charge in [0.15, 0.2) is 0 Å². The molecule has 0 aliphatic heterocycles. The molecule has 1 aliphatic carbocycles. The van der Waals surface area contributed by atoms with Crippen molar-refractivity contribution in [3.05, 3.63) is 52.4 Å². The second-order valence-corrected chi connectivity index (χ2v) is 7.30. The molecular weight excluding hydrogens is 334 g/mol. The van der Waals surface area contributed by atoms with Gasteiger partial charge in [-0.2, -0.15) is 0 Å². The van der Waals surface area contributed by atoms with Crippen LogP contribution in [0.25, 0.3) is 0 Å². The van der Waals surface area contributed by atoms with E-state index in [0.29, 0.717) is 28.6 Å². The summed E-state index contributed by atoms with van der Waals surface area (Å²) in [6.45, 7) is 2.53. The third-order valence-electron chi connectivity index (χ3n) is 4.49. The van der Waals surface area contributed by atoms with Crippen LogP contribution in [0.1, 0.15) is 46.0 Å². The maximum Gasteiger partial charge on any atom is 0.256 e. The zero-order valence-corrected chi connectivity index (χ0v) is 15.1. The van der Waals surface area contributed by atoms with Crippen LogP contribution in [-0.2, 0) is 6.42 Å². The molecule has 2 aromatic rings. The van der Waals surface area contributed by atoms with Gasteiger partial charge in [-0.15, -0.1) is 11.3 Å². The Bertz CT molecular complexity index is 750. The number of amides is 2. The summed E-state index contributed by atoms with van der Waals surface area (Å²) in [7, 11) is 0. The lowest BCUT2D eigenvalue weighted by atomic mass is 10.1. The molecule has 132 valence electrons.